The molecule has 144 valence electrons. The van der Waals surface area contributed by atoms with E-state index >= 15 is 0 Å². The Kier molecular flexibility index (Phi) is 5.48. The van der Waals surface area contributed by atoms with E-state index in [1.165, 1.54) is 43.1 Å². The zero-order valence-corrected chi connectivity index (χ0v) is 16.1. The summed E-state index contributed by atoms with van der Waals surface area (Å²) >= 11 is 0. The van der Waals surface area contributed by atoms with Crippen LogP contribution in [0.3, 0.4) is 0 Å². The van der Waals surface area contributed by atoms with E-state index in [1.54, 1.807) is 12.1 Å². The molecule has 1 heterocycles. The van der Waals surface area contributed by atoms with E-state index in [0.29, 0.717) is 0 Å². The molecule has 1 fully saturated rings. The van der Waals surface area contributed by atoms with Gasteiger partial charge in [0, 0.05) is 45.8 Å². The number of sulfone groups is 1. The van der Waals surface area contributed by atoms with Crippen LogP contribution in [0.1, 0.15) is 6.92 Å². The Bertz CT molecular complexity index is 956. The van der Waals surface area contributed by atoms with E-state index < -0.39 is 15.7 Å². The molecule has 0 saturated carbocycles. The first-order chi connectivity index (χ1) is 12.8. The monoisotopic (exact) mass is 391 g/mol. The van der Waals surface area contributed by atoms with Gasteiger partial charge < -0.3 is 15.1 Å². The summed E-state index contributed by atoms with van der Waals surface area (Å²) in [6.07, 6.45) is 0. The van der Waals surface area contributed by atoms with Crippen LogP contribution in [-0.4, -0.2) is 47.6 Å². The number of halogens is 1. The fraction of sp³-hybridized carbons (Fsp3) is 0.316. The van der Waals surface area contributed by atoms with Gasteiger partial charge in [0.2, 0.25) is 15.7 Å². The van der Waals surface area contributed by atoms with E-state index in [1.807, 2.05) is 0 Å². The Morgan fingerprint density at radius 1 is 1.15 bits per heavy atom. The maximum atomic E-state index is 13.6. The number of carbonyl (C=O) groups excluding carboxylic acids is 1. The largest absolute Gasteiger partial charge is 0.369 e. The van der Waals surface area contributed by atoms with E-state index in [4.69, 9.17) is 0 Å². The van der Waals surface area contributed by atoms with Crippen molar-refractivity contribution >= 4 is 27.1 Å². The number of nitrogens with one attached hydrogen (secondary N) is 1. The Labute approximate surface area is 158 Å². The lowest BCUT2D eigenvalue weighted by atomic mass is 10.2. The van der Waals surface area contributed by atoms with Crippen molar-refractivity contribution in [2.75, 3.05) is 43.0 Å². The van der Waals surface area contributed by atoms with E-state index in [2.05, 4.69) is 10.2 Å². The Morgan fingerprint density at radius 2 is 1.85 bits per heavy atom. The molecule has 1 saturated heterocycles. The van der Waals surface area contributed by atoms with Crippen molar-refractivity contribution in [2.45, 2.75) is 16.7 Å². The van der Waals surface area contributed by atoms with Gasteiger partial charge in [0.15, 0.2) is 0 Å². The summed E-state index contributed by atoms with van der Waals surface area (Å²) in [5.74, 6) is -0.918. The minimum Gasteiger partial charge on any atom is -0.369 e. The van der Waals surface area contributed by atoms with Gasteiger partial charge in [0.05, 0.1) is 15.5 Å². The normalized spacial score (nSPS) is 14.9. The predicted octanol–water partition coefficient (Wildman–Crippen LogP) is 2.05. The van der Waals surface area contributed by atoms with Gasteiger partial charge in [-0.05, 0) is 36.4 Å². The van der Waals surface area contributed by atoms with Crippen LogP contribution in [0, 0.1) is 5.82 Å². The molecular formula is C19H22FN3O3S. The van der Waals surface area contributed by atoms with Crippen molar-refractivity contribution in [3.63, 3.8) is 0 Å². The smallest absolute Gasteiger partial charge is 0.223 e. The number of benzene rings is 2. The quantitative estimate of drug-likeness (QED) is 0.864. The van der Waals surface area contributed by atoms with Gasteiger partial charge in [-0.3, -0.25) is 4.79 Å². The summed E-state index contributed by atoms with van der Waals surface area (Å²) in [7, 11) is -2.45. The average molecular weight is 391 g/mol. The van der Waals surface area contributed by atoms with E-state index in [-0.39, 0.29) is 21.4 Å². The summed E-state index contributed by atoms with van der Waals surface area (Å²) in [4.78, 5) is 15.2. The van der Waals surface area contributed by atoms with Gasteiger partial charge in [0.1, 0.15) is 5.82 Å². The summed E-state index contributed by atoms with van der Waals surface area (Å²) in [5.41, 5.74) is 1.13. The summed E-state index contributed by atoms with van der Waals surface area (Å²) in [6, 6.07) is 9.80. The predicted molar refractivity (Wildman–Crippen MR) is 102 cm³/mol. The van der Waals surface area contributed by atoms with Crippen LogP contribution in [0.2, 0.25) is 0 Å². The number of carbonyl (C=O) groups is 1. The average Bonchev–Trinajstić information content (AvgIpc) is 2.67. The lowest BCUT2D eigenvalue weighted by Crippen LogP contribution is -2.43. The molecule has 1 amide bonds. The van der Waals surface area contributed by atoms with Crippen molar-refractivity contribution in [1.29, 1.82) is 0 Å². The van der Waals surface area contributed by atoms with Crippen LogP contribution in [0.5, 0.6) is 0 Å². The maximum Gasteiger partial charge on any atom is 0.223 e. The number of anilines is 2. The maximum absolute atomic E-state index is 13.6. The van der Waals surface area contributed by atoms with Gasteiger partial charge in [-0.2, -0.15) is 0 Å². The van der Waals surface area contributed by atoms with Gasteiger partial charge in [0.25, 0.3) is 0 Å². The topological polar surface area (TPSA) is 69.7 Å². The zero-order chi connectivity index (χ0) is 19.6. The molecule has 1 N–H and O–H groups in total. The van der Waals surface area contributed by atoms with E-state index in [0.717, 1.165) is 37.9 Å². The van der Waals surface area contributed by atoms with Crippen molar-refractivity contribution < 1.29 is 17.6 Å². The summed E-state index contributed by atoms with van der Waals surface area (Å²) in [5, 5.41) is 3.26. The van der Waals surface area contributed by atoms with Crippen molar-refractivity contribution in [3.05, 3.63) is 48.3 Å². The Balaban J connectivity index is 2.12. The van der Waals surface area contributed by atoms with Gasteiger partial charge in [-0.25, -0.2) is 12.8 Å². The fourth-order valence-electron chi connectivity index (χ4n) is 3.05. The highest BCUT2D eigenvalue weighted by molar-refractivity contribution is 7.91. The van der Waals surface area contributed by atoms with Gasteiger partial charge >= 0.3 is 0 Å². The molecule has 0 bridgehead atoms. The second-order valence-corrected chi connectivity index (χ2v) is 8.35. The number of piperazine rings is 1. The molecular weight excluding hydrogens is 369 g/mol. The highest BCUT2D eigenvalue weighted by atomic mass is 32.2. The highest BCUT2D eigenvalue weighted by Gasteiger charge is 2.26. The van der Waals surface area contributed by atoms with Crippen molar-refractivity contribution in [2.24, 2.45) is 0 Å². The molecule has 6 nitrogen and oxygen atoms in total. The standard InChI is InChI=1S/C19H22FN3O3S/c1-14(24)22(2)18-13-16(23-10-8-21-9-11-23)6-7-19(18)27(25,26)17-5-3-4-15(20)12-17/h3-7,12-13,21H,8-11H2,1-2H3. The van der Waals surface area contributed by atoms with Crippen molar-refractivity contribution in [1.82, 2.24) is 5.32 Å². The number of amides is 1. The SMILES string of the molecule is CC(=O)N(C)c1cc(N2CCNCC2)ccc1S(=O)(=O)c1cccc(F)c1. The highest BCUT2D eigenvalue weighted by Crippen LogP contribution is 2.34. The Hall–Kier alpha value is -2.45. The van der Waals surface area contributed by atoms with Gasteiger partial charge in [-0.1, -0.05) is 6.07 Å². The van der Waals surface area contributed by atoms with Crippen LogP contribution < -0.4 is 15.1 Å². The first kappa shape index (κ1) is 19.3. The molecule has 2 aromatic rings. The minimum atomic E-state index is -3.98. The molecule has 3 rings (SSSR count). The van der Waals surface area contributed by atoms with E-state index in [9.17, 15) is 17.6 Å². The second-order valence-electron chi connectivity index (χ2n) is 6.43. The summed E-state index contributed by atoms with van der Waals surface area (Å²) < 4.78 is 39.8. The van der Waals surface area contributed by atoms with Crippen LogP contribution in [-0.2, 0) is 14.6 Å². The molecule has 8 heteroatoms. The molecule has 1 aliphatic rings. The Morgan fingerprint density at radius 3 is 2.48 bits per heavy atom. The molecule has 0 radical (unpaired) electrons. The van der Waals surface area contributed by atoms with Gasteiger partial charge in [-0.15, -0.1) is 0 Å². The third kappa shape index (κ3) is 3.96. The number of hydrogen-bond acceptors (Lipinski definition) is 5. The molecule has 1 aliphatic heterocycles. The van der Waals surface area contributed by atoms with Crippen LogP contribution in [0.4, 0.5) is 15.8 Å². The first-order valence-electron chi connectivity index (χ1n) is 8.65. The number of nitrogens with zero attached hydrogens (tertiary/aromatic N) is 2. The molecule has 0 aliphatic carbocycles. The molecule has 2 aromatic carbocycles. The lowest BCUT2D eigenvalue weighted by molar-refractivity contribution is -0.116. The third-order valence-electron chi connectivity index (χ3n) is 4.65. The van der Waals surface area contributed by atoms with Crippen molar-refractivity contribution in [3.8, 4) is 0 Å². The molecule has 0 unspecified atom stereocenters. The fourth-order valence-corrected chi connectivity index (χ4v) is 4.54. The zero-order valence-electron chi connectivity index (χ0n) is 15.3. The minimum absolute atomic E-state index is 0.0234. The third-order valence-corrected chi connectivity index (χ3v) is 6.45. The molecule has 0 aromatic heterocycles. The van der Waals surface area contributed by atoms with Crippen LogP contribution in [0.15, 0.2) is 52.3 Å². The lowest BCUT2D eigenvalue weighted by Gasteiger charge is -2.31. The van der Waals surface area contributed by atoms with Crippen LogP contribution >= 0.6 is 0 Å². The number of hydrogen-bond donors (Lipinski definition) is 1. The molecule has 0 spiro atoms. The number of rotatable bonds is 4. The second kappa shape index (κ2) is 7.66. The van der Waals surface area contributed by atoms with Crippen LogP contribution in [0.25, 0.3) is 0 Å². The first-order valence-corrected chi connectivity index (χ1v) is 10.1. The molecule has 0 atom stereocenters. The summed E-state index contributed by atoms with van der Waals surface area (Å²) in [6.45, 7) is 4.62. The molecule has 27 heavy (non-hydrogen) atoms.